The average molecular weight is 380 g/mol. The summed E-state index contributed by atoms with van der Waals surface area (Å²) in [5.74, 6) is -2.03. The summed E-state index contributed by atoms with van der Waals surface area (Å²) in [6.07, 6.45) is -0.333. The lowest BCUT2D eigenvalue weighted by Gasteiger charge is -2.07. The number of halogens is 5. The fraction of sp³-hybridized carbons (Fsp3) is 0.0714. The molecule has 2 aromatic carbocycles. The van der Waals surface area contributed by atoms with Crippen LogP contribution in [-0.4, -0.2) is 5.78 Å². The number of carbonyl (C=O) groups is 1. The molecule has 20 heavy (non-hydrogen) atoms. The van der Waals surface area contributed by atoms with E-state index in [1.165, 1.54) is 30.3 Å². The Kier molecular flexibility index (Phi) is 4.78. The van der Waals surface area contributed by atoms with Gasteiger partial charge in [0.25, 0.3) is 0 Å². The Balaban J connectivity index is 2.36. The molecule has 0 saturated heterocycles. The molecule has 2 rings (SSSR count). The monoisotopic (exact) mass is 378 g/mol. The maximum atomic E-state index is 13.9. The third-order valence-corrected chi connectivity index (χ3v) is 4.35. The van der Waals surface area contributed by atoms with Crippen molar-refractivity contribution in [1.82, 2.24) is 0 Å². The SMILES string of the molecule is O=C(Cc1c(F)cccc1Cl)c1ccc(Br)c(Cl)c1F. The van der Waals surface area contributed by atoms with Crippen molar-refractivity contribution in [3.05, 3.63) is 67.6 Å². The molecule has 0 aliphatic rings. The first kappa shape index (κ1) is 15.4. The van der Waals surface area contributed by atoms with Crippen molar-refractivity contribution >= 4 is 44.9 Å². The fourth-order valence-electron chi connectivity index (χ4n) is 1.70. The Hall–Kier alpha value is -0.970. The van der Waals surface area contributed by atoms with Crippen LogP contribution in [0.15, 0.2) is 34.8 Å². The first-order valence-electron chi connectivity index (χ1n) is 5.51. The van der Waals surface area contributed by atoms with Crippen LogP contribution in [0.5, 0.6) is 0 Å². The van der Waals surface area contributed by atoms with Crippen LogP contribution in [0, 0.1) is 11.6 Å². The predicted octanol–water partition coefficient (Wildman–Crippen LogP) is 5.46. The van der Waals surface area contributed by atoms with Gasteiger partial charge in [0.1, 0.15) is 5.82 Å². The van der Waals surface area contributed by atoms with Gasteiger partial charge in [0.2, 0.25) is 0 Å². The summed E-state index contributed by atoms with van der Waals surface area (Å²) in [5.41, 5.74) is -0.157. The van der Waals surface area contributed by atoms with Crippen molar-refractivity contribution in [2.45, 2.75) is 6.42 Å². The molecular formula is C14H7BrCl2F2O. The first-order chi connectivity index (χ1) is 9.41. The van der Waals surface area contributed by atoms with E-state index in [9.17, 15) is 13.6 Å². The van der Waals surface area contributed by atoms with Crippen molar-refractivity contribution in [2.75, 3.05) is 0 Å². The summed E-state index contributed by atoms with van der Waals surface area (Å²) < 4.78 is 27.9. The van der Waals surface area contributed by atoms with Gasteiger partial charge in [0.15, 0.2) is 11.6 Å². The second-order valence-electron chi connectivity index (χ2n) is 4.02. The van der Waals surface area contributed by atoms with Crippen LogP contribution >= 0.6 is 39.1 Å². The average Bonchev–Trinajstić information content (AvgIpc) is 2.40. The summed E-state index contributed by atoms with van der Waals surface area (Å²) in [4.78, 5) is 12.1. The number of carbonyl (C=O) groups excluding carboxylic acids is 1. The summed E-state index contributed by atoms with van der Waals surface area (Å²) in [7, 11) is 0. The van der Waals surface area contributed by atoms with Gasteiger partial charge in [-0.2, -0.15) is 0 Å². The third kappa shape index (κ3) is 3.03. The van der Waals surface area contributed by atoms with Gasteiger partial charge in [0, 0.05) is 21.5 Å². The molecule has 0 fully saturated rings. The van der Waals surface area contributed by atoms with Crippen molar-refractivity contribution in [2.24, 2.45) is 0 Å². The van der Waals surface area contributed by atoms with Crippen molar-refractivity contribution in [3.8, 4) is 0 Å². The first-order valence-corrected chi connectivity index (χ1v) is 7.06. The molecule has 0 radical (unpaired) electrons. The maximum Gasteiger partial charge on any atom is 0.170 e. The molecule has 0 saturated carbocycles. The van der Waals surface area contributed by atoms with Crippen molar-refractivity contribution in [3.63, 3.8) is 0 Å². The van der Waals surface area contributed by atoms with Gasteiger partial charge >= 0.3 is 0 Å². The Morgan fingerprint density at radius 2 is 1.85 bits per heavy atom. The van der Waals surface area contributed by atoms with Gasteiger partial charge < -0.3 is 0 Å². The van der Waals surface area contributed by atoms with Gasteiger partial charge in [0.05, 0.1) is 10.6 Å². The molecule has 0 unspecified atom stereocenters. The molecule has 0 aliphatic heterocycles. The van der Waals surface area contributed by atoms with Crippen LogP contribution in [0.1, 0.15) is 15.9 Å². The lowest BCUT2D eigenvalue weighted by atomic mass is 10.0. The van der Waals surface area contributed by atoms with Crippen LogP contribution in [0.4, 0.5) is 8.78 Å². The van der Waals surface area contributed by atoms with Gasteiger partial charge in [-0.15, -0.1) is 0 Å². The largest absolute Gasteiger partial charge is 0.294 e. The lowest BCUT2D eigenvalue weighted by Crippen LogP contribution is -2.08. The zero-order chi connectivity index (χ0) is 14.9. The molecule has 2 aromatic rings. The van der Waals surface area contributed by atoms with E-state index in [0.29, 0.717) is 4.47 Å². The third-order valence-electron chi connectivity index (χ3n) is 2.73. The van der Waals surface area contributed by atoms with Crippen LogP contribution in [0.3, 0.4) is 0 Å². The predicted molar refractivity (Wildman–Crippen MR) is 78.6 cm³/mol. The highest BCUT2D eigenvalue weighted by molar-refractivity contribution is 9.10. The van der Waals surface area contributed by atoms with Crippen molar-refractivity contribution < 1.29 is 13.6 Å². The molecular weight excluding hydrogens is 373 g/mol. The molecule has 104 valence electrons. The Morgan fingerprint density at radius 3 is 2.50 bits per heavy atom. The van der Waals surface area contributed by atoms with Gasteiger partial charge in [-0.05, 0) is 40.2 Å². The number of ketones is 1. The highest BCUT2D eigenvalue weighted by Gasteiger charge is 2.19. The summed E-state index contributed by atoms with van der Waals surface area (Å²) in [6.45, 7) is 0. The molecule has 0 spiro atoms. The van der Waals surface area contributed by atoms with Gasteiger partial charge in [-0.25, -0.2) is 8.78 Å². The zero-order valence-electron chi connectivity index (χ0n) is 9.89. The number of Topliss-reactive ketones (excluding diaryl/α,β-unsaturated/α-hetero) is 1. The highest BCUT2D eigenvalue weighted by Crippen LogP contribution is 2.29. The van der Waals surface area contributed by atoms with E-state index in [2.05, 4.69) is 15.9 Å². The lowest BCUT2D eigenvalue weighted by molar-refractivity contribution is 0.0988. The minimum Gasteiger partial charge on any atom is -0.294 e. The molecule has 6 heteroatoms. The van der Waals surface area contributed by atoms with E-state index in [0.717, 1.165) is 0 Å². The Morgan fingerprint density at radius 1 is 1.15 bits per heavy atom. The minimum atomic E-state index is -0.835. The summed E-state index contributed by atoms with van der Waals surface area (Å²) >= 11 is 14.6. The van der Waals surface area contributed by atoms with Gasteiger partial charge in [-0.1, -0.05) is 29.3 Å². The molecule has 0 N–H and O–H groups in total. The van der Waals surface area contributed by atoms with E-state index in [1.54, 1.807) is 0 Å². The number of benzene rings is 2. The van der Waals surface area contributed by atoms with E-state index < -0.39 is 17.4 Å². The Bertz CT molecular complexity index is 669. The molecule has 1 nitrogen and oxygen atoms in total. The van der Waals surface area contributed by atoms with Crippen molar-refractivity contribution in [1.29, 1.82) is 0 Å². The van der Waals surface area contributed by atoms with E-state index in [4.69, 9.17) is 23.2 Å². The summed E-state index contributed by atoms with van der Waals surface area (Å²) in [6, 6.07) is 6.85. The Labute approximate surface area is 132 Å². The van der Waals surface area contributed by atoms with E-state index in [-0.39, 0.29) is 27.6 Å². The van der Waals surface area contributed by atoms with Crippen LogP contribution < -0.4 is 0 Å². The number of hydrogen-bond acceptors (Lipinski definition) is 1. The van der Waals surface area contributed by atoms with Gasteiger partial charge in [-0.3, -0.25) is 4.79 Å². The molecule has 0 aliphatic carbocycles. The standard InChI is InChI=1S/C14H7BrCl2F2O/c15-9-5-4-7(14(19)13(9)17)12(20)6-8-10(16)2-1-3-11(8)18/h1-5H,6H2. The molecule has 0 bridgehead atoms. The fourth-order valence-corrected chi connectivity index (χ4v) is 2.40. The zero-order valence-corrected chi connectivity index (χ0v) is 13.0. The minimum absolute atomic E-state index is 0.0395. The molecule has 0 heterocycles. The highest BCUT2D eigenvalue weighted by atomic mass is 79.9. The van der Waals surface area contributed by atoms with Crippen LogP contribution in [0.2, 0.25) is 10.0 Å². The van der Waals surface area contributed by atoms with Crippen LogP contribution in [0.25, 0.3) is 0 Å². The maximum absolute atomic E-state index is 13.9. The number of hydrogen-bond donors (Lipinski definition) is 0. The quantitative estimate of drug-likeness (QED) is 0.511. The van der Waals surface area contributed by atoms with E-state index >= 15 is 0 Å². The topological polar surface area (TPSA) is 17.1 Å². The smallest absolute Gasteiger partial charge is 0.170 e. The van der Waals surface area contributed by atoms with Crippen LogP contribution in [-0.2, 0) is 6.42 Å². The molecule has 0 aromatic heterocycles. The molecule has 0 amide bonds. The summed E-state index contributed by atoms with van der Waals surface area (Å²) in [5, 5.41) is -0.0579. The molecule has 0 atom stereocenters. The second-order valence-corrected chi connectivity index (χ2v) is 5.66. The number of rotatable bonds is 3. The second kappa shape index (κ2) is 6.20. The normalized spacial score (nSPS) is 10.7. The van der Waals surface area contributed by atoms with E-state index in [1.807, 2.05) is 0 Å².